The summed E-state index contributed by atoms with van der Waals surface area (Å²) in [6.45, 7) is 0. The van der Waals surface area contributed by atoms with Crippen molar-refractivity contribution < 1.29 is 43.5 Å². The summed E-state index contributed by atoms with van der Waals surface area (Å²) < 4.78 is 119. The number of benzene rings is 4. The zero-order valence-corrected chi connectivity index (χ0v) is 18.0. The predicted octanol–water partition coefficient (Wildman–Crippen LogP) is 7.15. The molecule has 4 rings (SSSR count). The molecule has 0 aliphatic rings. The van der Waals surface area contributed by atoms with Crippen LogP contribution in [0, 0.1) is 46.5 Å². The molecule has 0 N–H and O–H groups in total. The first-order valence-electron chi connectivity index (χ1n) is 9.30. The van der Waals surface area contributed by atoms with E-state index in [0.29, 0.717) is 0 Å². The summed E-state index contributed by atoms with van der Waals surface area (Å²) in [5.41, 5.74) is 1.16. The van der Waals surface area contributed by atoms with Crippen molar-refractivity contribution >= 4 is 11.6 Å². The lowest BCUT2D eigenvalue weighted by molar-refractivity contribution is 0.507. The van der Waals surface area contributed by atoms with E-state index in [1.54, 1.807) is 0 Å². The highest BCUT2D eigenvalue weighted by Gasteiger charge is 2.08. The van der Waals surface area contributed by atoms with Gasteiger partial charge in [0.2, 0.25) is 0 Å². The van der Waals surface area contributed by atoms with Crippen LogP contribution in [0.4, 0.5) is 35.1 Å². The second kappa shape index (κ2) is 12.6. The van der Waals surface area contributed by atoms with E-state index in [1.807, 2.05) is 0 Å². The van der Waals surface area contributed by atoms with Gasteiger partial charge in [-0.2, -0.15) is 8.42 Å². The van der Waals surface area contributed by atoms with Gasteiger partial charge < -0.3 is 0 Å². The van der Waals surface area contributed by atoms with E-state index in [-0.39, 0.29) is 22.3 Å². The SMILES string of the molecule is Fc1ccc(-c2ccc(F)c(F)c2)cc1F.Fc1ccc(-c2ccc(F)c(F)c2)cc1F.O=S=O. The fraction of sp³-hybridized carbons (Fsp3) is 0. The van der Waals surface area contributed by atoms with Crippen LogP contribution in [-0.2, 0) is 11.6 Å². The van der Waals surface area contributed by atoms with E-state index in [9.17, 15) is 35.1 Å². The van der Waals surface area contributed by atoms with Crippen molar-refractivity contribution in [2.45, 2.75) is 0 Å². The van der Waals surface area contributed by atoms with Crippen LogP contribution in [0.3, 0.4) is 0 Å². The van der Waals surface area contributed by atoms with Gasteiger partial charge in [-0.25, -0.2) is 35.1 Å². The normalized spacial score (nSPS) is 9.94. The molecular formula is C24H12F8O2S. The summed E-state index contributed by atoms with van der Waals surface area (Å²) in [5.74, 6) is -8.02. The summed E-state index contributed by atoms with van der Waals surface area (Å²) >= 11 is -0.750. The summed E-state index contributed by atoms with van der Waals surface area (Å²) in [6, 6.07) is 12.7. The van der Waals surface area contributed by atoms with Gasteiger partial charge in [0.05, 0.1) is 0 Å². The van der Waals surface area contributed by atoms with Crippen molar-refractivity contribution in [1.82, 2.24) is 0 Å². The third kappa shape index (κ3) is 7.57. The van der Waals surface area contributed by atoms with E-state index < -0.39 is 58.1 Å². The molecule has 0 saturated heterocycles. The quantitative estimate of drug-likeness (QED) is 0.265. The number of hydrogen-bond acceptors (Lipinski definition) is 2. The van der Waals surface area contributed by atoms with Crippen LogP contribution in [0.5, 0.6) is 0 Å². The fourth-order valence-electron chi connectivity index (χ4n) is 2.70. The lowest BCUT2D eigenvalue weighted by Crippen LogP contribution is -1.88. The molecule has 4 aromatic carbocycles. The Morgan fingerprint density at radius 1 is 0.343 bits per heavy atom. The molecule has 0 aromatic heterocycles. The van der Waals surface area contributed by atoms with Crippen molar-refractivity contribution in [3.05, 3.63) is 119 Å². The highest BCUT2D eigenvalue weighted by molar-refractivity contribution is 7.51. The Morgan fingerprint density at radius 2 is 0.514 bits per heavy atom. The molecule has 0 aliphatic heterocycles. The largest absolute Gasteiger partial charge is 0.335 e. The van der Waals surface area contributed by atoms with Crippen LogP contribution in [0.15, 0.2) is 72.8 Å². The van der Waals surface area contributed by atoms with E-state index in [4.69, 9.17) is 8.42 Å². The Morgan fingerprint density at radius 3 is 0.657 bits per heavy atom. The third-order valence-corrected chi connectivity index (χ3v) is 4.35. The Labute approximate surface area is 197 Å². The van der Waals surface area contributed by atoms with Crippen molar-refractivity contribution in [2.24, 2.45) is 0 Å². The van der Waals surface area contributed by atoms with E-state index in [2.05, 4.69) is 0 Å². The first-order valence-corrected chi connectivity index (χ1v) is 9.96. The third-order valence-electron chi connectivity index (χ3n) is 4.35. The van der Waals surface area contributed by atoms with Gasteiger partial charge in [0, 0.05) is 0 Å². The molecule has 0 heterocycles. The lowest BCUT2D eigenvalue weighted by Gasteiger charge is -2.03. The molecule has 0 amide bonds. The van der Waals surface area contributed by atoms with Crippen LogP contribution >= 0.6 is 0 Å². The highest BCUT2D eigenvalue weighted by atomic mass is 32.1. The zero-order valence-electron chi connectivity index (χ0n) is 17.2. The summed E-state index contributed by atoms with van der Waals surface area (Å²) in [5, 5.41) is 0. The van der Waals surface area contributed by atoms with E-state index in [0.717, 1.165) is 48.5 Å². The van der Waals surface area contributed by atoms with Crippen LogP contribution in [0.2, 0.25) is 0 Å². The van der Waals surface area contributed by atoms with Crippen LogP contribution < -0.4 is 0 Å². The second-order valence-electron chi connectivity index (χ2n) is 6.58. The minimum absolute atomic E-state index is 0.290. The molecule has 0 atom stereocenters. The standard InChI is InChI=1S/2C12H6F4.O2S/c2*13-9-3-1-7(5-11(9)15)8-2-4-10(14)12(16)6-8;1-3-2/h2*1-6H;. The highest BCUT2D eigenvalue weighted by Crippen LogP contribution is 2.24. The summed E-state index contributed by atoms with van der Waals surface area (Å²) in [4.78, 5) is 0. The number of halogens is 8. The van der Waals surface area contributed by atoms with Gasteiger partial charge in [0.1, 0.15) is 0 Å². The van der Waals surface area contributed by atoms with Gasteiger partial charge in [-0.05, 0) is 70.8 Å². The molecule has 0 spiro atoms. The summed E-state index contributed by atoms with van der Waals surface area (Å²) in [6.07, 6.45) is 0. The fourth-order valence-corrected chi connectivity index (χ4v) is 2.70. The topological polar surface area (TPSA) is 34.1 Å². The molecule has 0 radical (unpaired) electrons. The molecule has 35 heavy (non-hydrogen) atoms. The Hall–Kier alpha value is -3.86. The first-order chi connectivity index (χ1) is 16.6. The number of rotatable bonds is 2. The molecule has 0 saturated carbocycles. The maximum atomic E-state index is 12.9. The molecule has 0 unspecified atom stereocenters. The van der Waals surface area contributed by atoms with Crippen molar-refractivity contribution in [1.29, 1.82) is 0 Å². The van der Waals surface area contributed by atoms with Crippen LogP contribution in [0.1, 0.15) is 0 Å². The molecule has 182 valence electrons. The zero-order chi connectivity index (χ0) is 26.1. The van der Waals surface area contributed by atoms with Gasteiger partial charge in [-0.3, -0.25) is 0 Å². The van der Waals surface area contributed by atoms with Crippen molar-refractivity contribution in [2.75, 3.05) is 0 Å². The molecular weight excluding hydrogens is 504 g/mol. The van der Waals surface area contributed by atoms with Gasteiger partial charge >= 0.3 is 11.6 Å². The minimum Gasteiger partial charge on any atom is -0.204 e. The average Bonchev–Trinajstić information content (AvgIpc) is 2.82. The average molecular weight is 516 g/mol. The van der Waals surface area contributed by atoms with E-state index >= 15 is 0 Å². The number of hydrogen-bond donors (Lipinski definition) is 0. The predicted molar refractivity (Wildman–Crippen MR) is 112 cm³/mol. The van der Waals surface area contributed by atoms with Gasteiger partial charge in [0.15, 0.2) is 46.5 Å². The Bertz CT molecular complexity index is 1170. The second-order valence-corrected chi connectivity index (χ2v) is 6.72. The molecule has 0 aliphatic carbocycles. The molecule has 0 bridgehead atoms. The van der Waals surface area contributed by atoms with Crippen LogP contribution in [-0.4, -0.2) is 8.42 Å². The molecule has 4 aromatic rings. The van der Waals surface area contributed by atoms with Gasteiger partial charge in [-0.15, -0.1) is 0 Å². The van der Waals surface area contributed by atoms with Gasteiger partial charge in [-0.1, -0.05) is 24.3 Å². The molecule has 2 nitrogen and oxygen atoms in total. The first kappa shape index (κ1) is 27.4. The molecule has 0 fully saturated rings. The Balaban J connectivity index is 0.000000222. The minimum atomic E-state index is -1.03. The van der Waals surface area contributed by atoms with Crippen molar-refractivity contribution in [3.8, 4) is 22.3 Å². The van der Waals surface area contributed by atoms with E-state index in [1.165, 1.54) is 24.3 Å². The monoisotopic (exact) mass is 516 g/mol. The van der Waals surface area contributed by atoms with Crippen molar-refractivity contribution in [3.63, 3.8) is 0 Å². The summed E-state index contributed by atoms with van der Waals surface area (Å²) in [7, 11) is 0. The lowest BCUT2D eigenvalue weighted by atomic mass is 10.1. The Kier molecular flexibility index (Phi) is 9.83. The molecule has 11 heteroatoms. The smallest absolute Gasteiger partial charge is 0.204 e. The van der Waals surface area contributed by atoms with Crippen LogP contribution in [0.25, 0.3) is 22.3 Å². The maximum absolute atomic E-state index is 12.9. The van der Waals surface area contributed by atoms with Gasteiger partial charge in [0.25, 0.3) is 0 Å². The maximum Gasteiger partial charge on any atom is 0.335 e.